The van der Waals surface area contributed by atoms with Gasteiger partial charge in [0, 0.05) is 0 Å². The summed E-state index contributed by atoms with van der Waals surface area (Å²) in [4.78, 5) is 0. The van der Waals surface area contributed by atoms with Gasteiger partial charge in [-0.05, 0) is 25.5 Å². The SMILES string of the molecule is CCCC(C)OC1C=C(F)C=CC1N. The monoisotopic (exact) mass is 199 g/mol. The van der Waals surface area contributed by atoms with Crippen molar-refractivity contribution in [3.05, 3.63) is 24.1 Å². The third kappa shape index (κ3) is 3.24. The number of nitrogens with two attached hydrogens (primary N) is 1. The molecule has 0 aromatic heterocycles. The molecule has 3 heteroatoms. The highest BCUT2D eigenvalue weighted by Gasteiger charge is 2.20. The summed E-state index contributed by atoms with van der Waals surface area (Å²) in [5, 5.41) is 0. The number of rotatable bonds is 4. The molecule has 0 aliphatic heterocycles. The molecule has 0 heterocycles. The van der Waals surface area contributed by atoms with Crippen LogP contribution in [0.3, 0.4) is 0 Å². The summed E-state index contributed by atoms with van der Waals surface area (Å²) < 4.78 is 18.5. The lowest BCUT2D eigenvalue weighted by Crippen LogP contribution is -2.37. The molecule has 2 nitrogen and oxygen atoms in total. The van der Waals surface area contributed by atoms with Crippen LogP contribution < -0.4 is 5.73 Å². The molecule has 0 spiro atoms. The maximum Gasteiger partial charge on any atom is 0.121 e. The molecule has 0 saturated carbocycles. The fourth-order valence-electron chi connectivity index (χ4n) is 1.51. The molecule has 0 amide bonds. The number of halogens is 1. The average molecular weight is 199 g/mol. The van der Waals surface area contributed by atoms with Crippen molar-refractivity contribution in [2.75, 3.05) is 0 Å². The van der Waals surface area contributed by atoms with E-state index in [0.29, 0.717) is 0 Å². The van der Waals surface area contributed by atoms with Gasteiger partial charge in [0.15, 0.2) is 0 Å². The maximum atomic E-state index is 12.9. The Hall–Kier alpha value is -0.670. The van der Waals surface area contributed by atoms with E-state index in [2.05, 4.69) is 6.92 Å². The molecule has 1 aliphatic carbocycles. The summed E-state index contributed by atoms with van der Waals surface area (Å²) in [6.07, 6.45) is 6.31. The predicted molar refractivity (Wildman–Crippen MR) is 55.5 cm³/mol. The smallest absolute Gasteiger partial charge is 0.121 e. The molecule has 0 radical (unpaired) electrons. The molecular weight excluding hydrogens is 181 g/mol. The third-order valence-corrected chi connectivity index (χ3v) is 2.27. The fraction of sp³-hybridized carbons (Fsp3) is 0.636. The van der Waals surface area contributed by atoms with Gasteiger partial charge in [-0.2, -0.15) is 0 Å². The van der Waals surface area contributed by atoms with E-state index in [1.165, 1.54) is 12.2 Å². The van der Waals surface area contributed by atoms with E-state index in [1.807, 2.05) is 6.92 Å². The van der Waals surface area contributed by atoms with E-state index in [-0.39, 0.29) is 24.1 Å². The number of allylic oxidation sites excluding steroid dienone is 2. The van der Waals surface area contributed by atoms with Crippen molar-refractivity contribution in [1.29, 1.82) is 0 Å². The summed E-state index contributed by atoms with van der Waals surface area (Å²) in [7, 11) is 0. The Morgan fingerprint density at radius 2 is 2.36 bits per heavy atom. The summed E-state index contributed by atoms with van der Waals surface area (Å²) in [5.41, 5.74) is 5.76. The first-order valence-electron chi connectivity index (χ1n) is 5.10. The van der Waals surface area contributed by atoms with Crippen molar-refractivity contribution < 1.29 is 9.13 Å². The Morgan fingerprint density at radius 1 is 1.64 bits per heavy atom. The second kappa shape index (κ2) is 5.27. The van der Waals surface area contributed by atoms with Crippen LogP contribution in [0, 0.1) is 0 Å². The van der Waals surface area contributed by atoms with Gasteiger partial charge < -0.3 is 10.5 Å². The van der Waals surface area contributed by atoms with Crippen LogP contribution in [-0.2, 0) is 4.74 Å². The molecule has 3 atom stereocenters. The lowest BCUT2D eigenvalue weighted by molar-refractivity contribution is 0.0120. The van der Waals surface area contributed by atoms with Crippen molar-refractivity contribution in [3.8, 4) is 0 Å². The van der Waals surface area contributed by atoms with E-state index in [1.54, 1.807) is 6.08 Å². The van der Waals surface area contributed by atoms with Crippen molar-refractivity contribution in [2.45, 2.75) is 44.9 Å². The van der Waals surface area contributed by atoms with Gasteiger partial charge in [-0.25, -0.2) is 4.39 Å². The summed E-state index contributed by atoms with van der Waals surface area (Å²) in [6, 6.07) is -0.228. The molecule has 1 rings (SSSR count). The minimum Gasteiger partial charge on any atom is -0.369 e. The Labute approximate surface area is 84.6 Å². The predicted octanol–water partition coefficient (Wildman–Crippen LogP) is 2.31. The van der Waals surface area contributed by atoms with Gasteiger partial charge in [-0.1, -0.05) is 19.4 Å². The third-order valence-electron chi connectivity index (χ3n) is 2.27. The molecular formula is C11H18FNO. The Bertz CT molecular complexity index is 237. The summed E-state index contributed by atoms with van der Waals surface area (Å²) in [5.74, 6) is -0.264. The van der Waals surface area contributed by atoms with Crippen LogP contribution in [0.1, 0.15) is 26.7 Å². The van der Waals surface area contributed by atoms with Crippen LogP contribution in [0.4, 0.5) is 4.39 Å². The Balaban J connectivity index is 2.47. The zero-order valence-corrected chi connectivity index (χ0v) is 8.74. The second-order valence-corrected chi connectivity index (χ2v) is 3.69. The minimum atomic E-state index is -0.318. The molecule has 0 aromatic carbocycles. The average Bonchev–Trinajstić information content (AvgIpc) is 2.12. The normalized spacial score (nSPS) is 28.7. The van der Waals surface area contributed by atoms with Gasteiger partial charge in [-0.15, -0.1) is 0 Å². The van der Waals surface area contributed by atoms with Gasteiger partial charge in [0.1, 0.15) is 5.83 Å². The molecule has 3 unspecified atom stereocenters. The van der Waals surface area contributed by atoms with Gasteiger partial charge in [0.25, 0.3) is 0 Å². The first-order chi connectivity index (χ1) is 6.63. The largest absolute Gasteiger partial charge is 0.369 e. The zero-order valence-electron chi connectivity index (χ0n) is 8.74. The fourth-order valence-corrected chi connectivity index (χ4v) is 1.51. The molecule has 14 heavy (non-hydrogen) atoms. The van der Waals surface area contributed by atoms with Gasteiger partial charge in [0.2, 0.25) is 0 Å². The number of hydrogen-bond acceptors (Lipinski definition) is 2. The first-order valence-corrected chi connectivity index (χ1v) is 5.10. The van der Waals surface area contributed by atoms with Crippen molar-refractivity contribution in [2.24, 2.45) is 5.73 Å². The second-order valence-electron chi connectivity index (χ2n) is 3.69. The quantitative estimate of drug-likeness (QED) is 0.754. The lowest BCUT2D eigenvalue weighted by Gasteiger charge is -2.25. The number of ether oxygens (including phenoxy) is 1. The van der Waals surface area contributed by atoms with Gasteiger partial charge in [-0.3, -0.25) is 0 Å². The zero-order chi connectivity index (χ0) is 10.6. The van der Waals surface area contributed by atoms with Crippen LogP contribution in [0.5, 0.6) is 0 Å². The van der Waals surface area contributed by atoms with Crippen molar-refractivity contribution in [1.82, 2.24) is 0 Å². The highest BCUT2D eigenvalue weighted by molar-refractivity contribution is 5.23. The summed E-state index contributed by atoms with van der Waals surface area (Å²) >= 11 is 0. The lowest BCUT2D eigenvalue weighted by atomic mass is 10.1. The van der Waals surface area contributed by atoms with E-state index >= 15 is 0 Å². The van der Waals surface area contributed by atoms with Gasteiger partial charge >= 0.3 is 0 Å². The van der Waals surface area contributed by atoms with Crippen molar-refractivity contribution >= 4 is 0 Å². The van der Waals surface area contributed by atoms with Crippen LogP contribution in [0.25, 0.3) is 0 Å². The molecule has 0 bridgehead atoms. The maximum absolute atomic E-state index is 12.9. The van der Waals surface area contributed by atoms with Crippen LogP contribution in [0.15, 0.2) is 24.1 Å². The highest BCUT2D eigenvalue weighted by atomic mass is 19.1. The van der Waals surface area contributed by atoms with Crippen LogP contribution >= 0.6 is 0 Å². The molecule has 1 aliphatic rings. The Kier molecular flexibility index (Phi) is 4.29. The molecule has 0 fully saturated rings. The summed E-state index contributed by atoms with van der Waals surface area (Å²) in [6.45, 7) is 4.08. The standard InChI is InChI=1S/C11H18FNO/c1-3-4-8(2)14-11-7-9(12)5-6-10(11)13/h5-8,10-11H,3-4,13H2,1-2H3. The van der Waals surface area contributed by atoms with Gasteiger partial charge in [0.05, 0.1) is 18.2 Å². The molecule has 80 valence electrons. The molecule has 2 N–H and O–H groups in total. The topological polar surface area (TPSA) is 35.2 Å². The van der Waals surface area contributed by atoms with E-state index in [4.69, 9.17) is 10.5 Å². The van der Waals surface area contributed by atoms with E-state index in [9.17, 15) is 4.39 Å². The van der Waals surface area contributed by atoms with E-state index in [0.717, 1.165) is 12.8 Å². The van der Waals surface area contributed by atoms with Crippen LogP contribution in [0.2, 0.25) is 0 Å². The van der Waals surface area contributed by atoms with Crippen LogP contribution in [-0.4, -0.2) is 18.2 Å². The highest BCUT2D eigenvalue weighted by Crippen LogP contribution is 2.16. The van der Waals surface area contributed by atoms with E-state index < -0.39 is 0 Å². The Morgan fingerprint density at radius 3 is 3.00 bits per heavy atom. The number of hydrogen-bond donors (Lipinski definition) is 1. The van der Waals surface area contributed by atoms with Crippen molar-refractivity contribution in [3.63, 3.8) is 0 Å². The molecule has 0 saturated heterocycles. The minimum absolute atomic E-state index is 0.131. The molecule has 0 aromatic rings. The first kappa shape index (κ1) is 11.4.